The van der Waals surface area contributed by atoms with Crippen molar-refractivity contribution in [1.82, 2.24) is 10.2 Å². The Hall–Kier alpha value is -2.70. The smallest absolute Gasteiger partial charge is 0.353 e. The Morgan fingerprint density at radius 1 is 1.37 bits per heavy atom. The van der Waals surface area contributed by atoms with Crippen molar-refractivity contribution in [2.75, 3.05) is 5.32 Å². The molecule has 1 heterocycles. The summed E-state index contributed by atoms with van der Waals surface area (Å²) in [5, 5.41) is 17.0. The molecule has 1 amide bonds. The van der Waals surface area contributed by atoms with Crippen molar-refractivity contribution >= 4 is 17.7 Å². The number of carboxylic acid groups (broad SMARTS) is 1. The Balaban J connectivity index is 1.99. The molecule has 6 nitrogen and oxygen atoms in total. The topological polar surface area (TPSA) is 95.1 Å². The van der Waals surface area contributed by atoms with Crippen LogP contribution < -0.4 is 5.32 Å². The Kier molecular flexibility index (Phi) is 3.56. The minimum absolute atomic E-state index is 0.0208. The first kappa shape index (κ1) is 12.7. The number of amides is 1. The fourth-order valence-corrected chi connectivity index (χ4v) is 1.51. The maximum atomic E-state index is 12.9. The summed E-state index contributed by atoms with van der Waals surface area (Å²) in [6.45, 7) is 0. The number of hydrogen-bond donors (Lipinski definition) is 3. The third kappa shape index (κ3) is 3.38. The molecule has 0 aliphatic carbocycles. The molecule has 0 atom stereocenters. The summed E-state index contributed by atoms with van der Waals surface area (Å²) in [5.74, 6) is -1.88. The Bertz CT molecular complexity index is 624. The largest absolute Gasteiger partial charge is 0.477 e. The molecule has 0 radical (unpaired) electrons. The van der Waals surface area contributed by atoms with E-state index < -0.39 is 17.7 Å². The first-order valence-electron chi connectivity index (χ1n) is 5.37. The van der Waals surface area contributed by atoms with Gasteiger partial charge in [-0.3, -0.25) is 9.89 Å². The van der Waals surface area contributed by atoms with Crippen LogP contribution in [0.1, 0.15) is 16.1 Å². The van der Waals surface area contributed by atoms with Crippen molar-refractivity contribution in [3.05, 3.63) is 47.4 Å². The average Bonchev–Trinajstić information content (AvgIpc) is 2.77. The molecule has 0 aliphatic heterocycles. The SMILES string of the molecule is O=C(Cc1cccc(F)c1)Nc1cc(C(=O)O)[nH]n1. The summed E-state index contributed by atoms with van der Waals surface area (Å²) in [7, 11) is 0. The van der Waals surface area contributed by atoms with Crippen molar-refractivity contribution in [3.8, 4) is 0 Å². The van der Waals surface area contributed by atoms with Crippen LogP contribution >= 0.6 is 0 Å². The number of halogens is 1. The van der Waals surface area contributed by atoms with Gasteiger partial charge in [0.15, 0.2) is 5.82 Å². The van der Waals surface area contributed by atoms with E-state index in [9.17, 15) is 14.0 Å². The molecule has 1 aromatic carbocycles. The summed E-state index contributed by atoms with van der Waals surface area (Å²) >= 11 is 0. The zero-order chi connectivity index (χ0) is 13.8. The van der Waals surface area contributed by atoms with Crippen LogP contribution in [0.2, 0.25) is 0 Å². The molecule has 7 heteroatoms. The van der Waals surface area contributed by atoms with E-state index in [1.807, 2.05) is 0 Å². The Morgan fingerprint density at radius 3 is 2.79 bits per heavy atom. The van der Waals surface area contributed by atoms with Crippen molar-refractivity contribution in [2.24, 2.45) is 0 Å². The third-order valence-corrected chi connectivity index (χ3v) is 2.33. The van der Waals surface area contributed by atoms with E-state index in [1.54, 1.807) is 6.07 Å². The molecule has 1 aromatic heterocycles. The van der Waals surface area contributed by atoms with Crippen LogP contribution in [0, 0.1) is 5.82 Å². The number of hydrogen-bond acceptors (Lipinski definition) is 3. The highest BCUT2D eigenvalue weighted by Gasteiger charge is 2.10. The normalized spacial score (nSPS) is 10.2. The summed E-state index contributed by atoms with van der Waals surface area (Å²) in [4.78, 5) is 22.2. The van der Waals surface area contributed by atoms with Crippen LogP contribution in [0.4, 0.5) is 10.2 Å². The lowest BCUT2D eigenvalue weighted by atomic mass is 10.1. The summed E-state index contributed by atoms with van der Waals surface area (Å²) in [6.07, 6.45) is -0.0208. The van der Waals surface area contributed by atoms with Crippen molar-refractivity contribution in [1.29, 1.82) is 0 Å². The number of rotatable bonds is 4. The standard InChI is InChI=1S/C12H10FN3O3/c13-8-3-1-2-7(4-8)5-11(17)14-10-6-9(12(18)19)15-16-10/h1-4,6H,5H2,(H,18,19)(H2,14,15,16,17). The predicted octanol–water partition coefficient (Wildman–Crippen LogP) is 1.43. The van der Waals surface area contributed by atoms with Crippen molar-refractivity contribution in [3.63, 3.8) is 0 Å². The number of H-pyrrole nitrogens is 1. The maximum Gasteiger partial charge on any atom is 0.353 e. The van der Waals surface area contributed by atoms with Gasteiger partial charge in [0.2, 0.25) is 5.91 Å². The number of aromatic amines is 1. The maximum absolute atomic E-state index is 12.9. The second kappa shape index (κ2) is 5.30. The number of carbonyl (C=O) groups excluding carboxylic acids is 1. The molecule has 2 rings (SSSR count). The summed E-state index contributed by atoms with van der Waals surface area (Å²) in [5.41, 5.74) is 0.396. The van der Waals surface area contributed by atoms with E-state index in [-0.39, 0.29) is 17.9 Å². The molecule has 0 fully saturated rings. The number of carbonyl (C=O) groups is 2. The van der Waals surface area contributed by atoms with E-state index in [1.165, 1.54) is 24.3 Å². The fourth-order valence-electron chi connectivity index (χ4n) is 1.51. The monoisotopic (exact) mass is 263 g/mol. The van der Waals surface area contributed by atoms with Crippen LogP contribution in [-0.2, 0) is 11.2 Å². The molecule has 0 saturated carbocycles. The number of aromatic nitrogens is 2. The van der Waals surface area contributed by atoms with Gasteiger partial charge in [0.05, 0.1) is 6.42 Å². The number of benzene rings is 1. The highest BCUT2D eigenvalue weighted by Crippen LogP contribution is 2.08. The van der Waals surface area contributed by atoms with E-state index in [0.29, 0.717) is 5.56 Å². The van der Waals surface area contributed by atoms with Crippen molar-refractivity contribution < 1.29 is 19.1 Å². The molecule has 3 N–H and O–H groups in total. The lowest BCUT2D eigenvalue weighted by molar-refractivity contribution is -0.115. The summed E-state index contributed by atoms with van der Waals surface area (Å²) in [6, 6.07) is 6.87. The molecule has 2 aromatic rings. The highest BCUT2D eigenvalue weighted by molar-refractivity contribution is 5.93. The Labute approximate surface area is 107 Å². The van der Waals surface area contributed by atoms with E-state index >= 15 is 0 Å². The van der Waals surface area contributed by atoms with Crippen molar-refractivity contribution in [2.45, 2.75) is 6.42 Å². The minimum Gasteiger partial charge on any atom is -0.477 e. The number of carboxylic acids is 1. The average molecular weight is 263 g/mol. The number of nitrogens with zero attached hydrogens (tertiary/aromatic N) is 1. The fraction of sp³-hybridized carbons (Fsp3) is 0.0833. The molecule has 0 aliphatic rings. The quantitative estimate of drug-likeness (QED) is 0.777. The van der Waals surface area contributed by atoms with E-state index in [4.69, 9.17) is 5.11 Å². The minimum atomic E-state index is -1.17. The third-order valence-electron chi connectivity index (χ3n) is 2.33. The van der Waals surface area contributed by atoms with E-state index in [2.05, 4.69) is 15.5 Å². The van der Waals surface area contributed by atoms with Gasteiger partial charge in [-0.1, -0.05) is 12.1 Å². The molecule has 19 heavy (non-hydrogen) atoms. The van der Waals surface area contributed by atoms with Crippen LogP contribution in [0.15, 0.2) is 30.3 Å². The zero-order valence-corrected chi connectivity index (χ0v) is 9.68. The number of nitrogens with one attached hydrogen (secondary N) is 2. The van der Waals surface area contributed by atoms with Gasteiger partial charge in [0.1, 0.15) is 11.5 Å². The zero-order valence-electron chi connectivity index (χ0n) is 9.68. The van der Waals surface area contributed by atoms with Crippen LogP contribution in [0.3, 0.4) is 0 Å². The molecule has 0 saturated heterocycles. The van der Waals surface area contributed by atoms with Gasteiger partial charge < -0.3 is 10.4 Å². The van der Waals surface area contributed by atoms with Gasteiger partial charge in [-0.25, -0.2) is 9.18 Å². The molecule has 98 valence electrons. The van der Waals surface area contributed by atoms with Crippen LogP contribution in [0.25, 0.3) is 0 Å². The molecule has 0 spiro atoms. The molecule has 0 unspecified atom stereocenters. The lowest BCUT2D eigenvalue weighted by Gasteiger charge is -2.02. The Morgan fingerprint density at radius 2 is 2.16 bits per heavy atom. The predicted molar refractivity (Wildman–Crippen MR) is 64.3 cm³/mol. The second-order valence-corrected chi connectivity index (χ2v) is 3.83. The van der Waals surface area contributed by atoms with Gasteiger partial charge in [0, 0.05) is 6.07 Å². The first-order valence-corrected chi connectivity index (χ1v) is 5.37. The van der Waals surface area contributed by atoms with Gasteiger partial charge >= 0.3 is 5.97 Å². The second-order valence-electron chi connectivity index (χ2n) is 3.83. The van der Waals surface area contributed by atoms with Crippen LogP contribution in [0.5, 0.6) is 0 Å². The van der Waals surface area contributed by atoms with Crippen LogP contribution in [-0.4, -0.2) is 27.2 Å². The molecule has 0 bridgehead atoms. The van der Waals surface area contributed by atoms with Gasteiger partial charge in [0.25, 0.3) is 0 Å². The molecular weight excluding hydrogens is 253 g/mol. The molecular formula is C12H10FN3O3. The van der Waals surface area contributed by atoms with Gasteiger partial charge in [-0.15, -0.1) is 0 Å². The lowest BCUT2D eigenvalue weighted by Crippen LogP contribution is -2.14. The number of anilines is 1. The highest BCUT2D eigenvalue weighted by atomic mass is 19.1. The van der Waals surface area contributed by atoms with Gasteiger partial charge in [-0.05, 0) is 17.7 Å². The van der Waals surface area contributed by atoms with Gasteiger partial charge in [-0.2, -0.15) is 5.10 Å². The first-order chi connectivity index (χ1) is 9.04. The number of aromatic carboxylic acids is 1. The summed E-state index contributed by atoms with van der Waals surface area (Å²) < 4.78 is 12.9. The van der Waals surface area contributed by atoms with E-state index in [0.717, 1.165) is 0 Å².